The molecular weight excluding hydrogens is 305 g/mol. The molecule has 0 radical (unpaired) electrons. The zero-order valence-electron chi connectivity index (χ0n) is 12.2. The third kappa shape index (κ3) is 3.91. The molecule has 0 fully saturated rings. The molecule has 2 aromatic rings. The molecule has 0 heterocycles. The van der Waals surface area contributed by atoms with E-state index in [1.54, 1.807) is 0 Å². The van der Waals surface area contributed by atoms with Gasteiger partial charge in [0.2, 0.25) is 0 Å². The molecule has 4 heteroatoms. The fourth-order valence-electron chi connectivity index (χ4n) is 2.31. The lowest BCUT2D eigenvalue weighted by Gasteiger charge is -2.22. The van der Waals surface area contributed by atoms with Crippen molar-refractivity contribution in [3.05, 3.63) is 63.6 Å². The van der Waals surface area contributed by atoms with E-state index in [2.05, 4.69) is 18.3 Å². The standard InChI is InChI=1S/C17H19Cl2NO/c1-3-20-17(12-9-10-14(18)15(19)11-12)13-7-5-6-8-16(13)21-4-2/h5-11,17,20H,3-4H2,1-2H3. The second kappa shape index (κ2) is 7.69. The first-order valence-electron chi connectivity index (χ1n) is 7.07. The predicted molar refractivity (Wildman–Crippen MR) is 89.6 cm³/mol. The number of nitrogens with one attached hydrogen (secondary N) is 1. The van der Waals surface area contributed by atoms with Gasteiger partial charge in [0, 0.05) is 5.56 Å². The Balaban J connectivity index is 2.45. The first-order valence-corrected chi connectivity index (χ1v) is 7.83. The van der Waals surface area contributed by atoms with Gasteiger partial charge in [0.05, 0.1) is 22.7 Å². The van der Waals surface area contributed by atoms with Crippen LogP contribution in [0.3, 0.4) is 0 Å². The number of halogens is 2. The van der Waals surface area contributed by atoms with Crippen LogP contribution in [0, 0.1) is 0 Å². The van der Waals surface area contributed by atoms with Crippen molar-refractivity contribution in [2.75, 3.05) is 13.2 Å². The van der Waals surface area contributed by atoms with E-state index in [1.165, 1.54) is 0 Å². The van der Waals surface area contributed by atoms with Crippen molar-refractivity contribution >= 4 is 23.2 Å². The van der Waals surface area contributed by atoms with Crippen molar-refractivity contribution < 1.29 is 4.74 Å². The summed E-state index contributed by atoms with van der Waals surface area (Å²) in [4.78, 5) is 0. The summed E-state index contributed by atoms with van der Waals surface area (Å²) in [5.41, 5.74) is 2.16. The summed E-state index contributed by atoms with van der Waals surface area (Å²) < 4.78 is 5.74. The summed E-state index contributed by atoms with van der Waals surface area (Å²) in [6, 6.07) is 13.8. The summed E-state index contributed by atoms with van der Waals surface area (Å²) >= 11 is 12.2. The number of hydrogen-bond acceptors (Lipinski definition) is 2. The molecule has 2 rings (SSSR count). The third-order valence-electron chi connectivity index (χ3n) is 3.22. The summed E-state index contributed by atoms with van der Waals surface area (Å²) in [5, 5.41) is 4.60. The van der Waals surface area contributed by atoms with E-state index < -0.39 is 0 Å². The SMILES string of the molecule is CCNC(c1ccc(Cl)c(Cl)c1)c1ccccc1OCC. The van der Waals surface area contributed by atoms with Crippen LogP contribution in [-0.2, 0) is 0 Å². The second-order valence-electron chi connectivity index (χ2n) is 4.64. The molecule has 2 nitrogen and oxygen atoms in total. The third-order valence-corrected chi connectivity index (χ3v) is 3.95. The van der Waals surface area contributed by atoms with Gasteiger partial charge in [-0.15, -0.1) is 0 Å². The zero-order chi connectivity index (χ0) is 15.2. The maximum absolute atomic E-state index is 6.16. The van der Waals surface area contributed by atoms with Crippen molar-refractivity contribution in [1.82, 2.24) is 5.32 Å². The number of ether oxygens (including phenoxy) is 1. The first-order chi connectivity index (χ1) is 10.2. The smallest absolute Gasteiger partial charge is 0.124 e. The van der Waals surface area contributed by atoms with Gasteiger partial charge in [-0.2, -0.15) is 0 Å². The van der Waals surface area contributed by atoms with E-state index in [-0.39, 0.29) is 6.04 Å². The highest BCUT2D eigenvalue weighted by Crippen LogP contribution is 2.33. The molecule has 1 atom stereocenters. The second-order valence-corrected chi connectivity index (χ2v) is 5.45. The van der Waals surface area contributed by atoms with Crippen molar-refractivity contribution in [1.29, 1.82) is 0 Å². The van der Waals surface area contributed by atoms with Gasteiger partial charge in [0.25, 0.3) is 0 Å². The molecule has 0 spiro atoms. The van der Waals surface area contributed by atoms with Gasteiger partial charge in [-0.3, -0.25) is 0 Å². The van der Waals surface area contributed by atoms with Gasteiger partial charge in [-0.05, 0) is 37.2 Å². The van der Waals surface area contributed by atoms with Crippen LogP contribution < -0.4 is 10.1 Å². The fraction of sp³-hybridized carbons (Fsp3) is 0.294. The molecule has 112 valence electrons. The van der Waals surface area contributed by atoms with Crippen LogP contribution >= 0.6 is 23.2 Å². The van der Waals surface area contributed by atoms with Gasteiger partial charge >= 0.3 is 0 Å². The van der Waals surface area contributed by atoms with Crippen LogP contribution in [-0.4, -0.2) is 13.2 Å². The zero-order valence-corrected chi connectivity index (χ0v) is 13.7. The Morgan fingerprint density at radius 3 is 2.48 bits per heavy atom. The Hall–Kier alpha value is -1.22. The monoisotopic (exact) mass is 323 g/mol. The van der Waals surface area contributed by atoms with E-state index >= 15 is 0 Å². The van der Waals surface area contributed by atoms with E-state index in [0.717, 1.165) is 23.4 Å². The lowest BCUT2D eigenvalue weighted by molar-refractivity contribution is 0.333. The van der Waals surface area contributed by atoms with E-state index in [4.69, 9.17) is 27.9 Å². The molecule has 1 unspecified atom stereocenters. The van der Waals surface area contributed by atoms with Gasteiger partial charge in [0.15, 0.2) is 0 Å². The molecule has 21 heavy (non-hydrogen) atoms. The maximum atomic E-state index is 6.16. The van der Waals surface area contributed by atoms with Crippen molar-refractivity contribution in [2.24, 2.45) is 0 Å². The average molecular weight is 324 g/mol. The van der Waals surface area contributed by atoms with Gasteiger partial charge in [0.1, 0.15) is 5.75 Å². The summed E-state index contributed by atoms with van der Waals surface area (Å²) in [6.07, 6.45) is 0. The fourth-order valence-corrected chi connectivity index (χ4v) is 2.62. The van der Waals surface area contributed by atoms with Crippen LogP contribution in [0.2, 0.25) is 10.0 Å². The first kappa shape index (κ1) is 16.2. The summed E-state index contributed by atoms with van der Waals surface area (Å²) in [6.45, 7) is 5.54. The molecule has 0 bridgehead atoms. The molecule has 0 saturated heterocycles. The Labute approximate surface area is 136 Å². The molecule has 0 aliphatic rings. The van der Waals surface area contributed by atoms with Gasteiger partial charge in [-0.25, -0.2) is 0 Å². The highest BCUT2D eigenvalue weighted by molar-refractivity contribution is 6.42. The van der Waals surface area contributed by atoms with Gasteiger partial charge in [-0.1, -0.05) is 54.4 Å². The van der Waals surface area contributed by atoms with Crippen molar-refractivity contribution in [3.63, 3.8) is 0 Å². The Morgan fingerprint density at radius 2 is 1.81 bits per heavy atom. The lowest BCUT2D eigenvalue weighted by atomic mass is 9.97. The van der Waals surface area contributed by atoms with Crippen LogP contribution in [0.5, 0.6) is 5.75 Å². The van der Waals surface area contributed by atoms with E-state index in [9.17, 15) is 0 Å². The minimum atomic E-state index is 0.0208. The maximum Gasteiger partial charge on any atom is 0.124 e. The molecule has 0 saturated carbocycles. The molecule has 0 aromatic heterocycles. The van der Waals surface area contributed by atoms with Crippen LogP contribution in [0.25, 0.3) is 0 Å². The molecule has 0 amide bonds. The normalized spacial score (nSPS) is 12.2. The quantitative estimate of drug-likeness (QED) is 0.799. The molecule has 1 N–H and O–H groups in total. The lowest BCUT2D eigenvalue weighted by Crippen LogP contribution is -2.22. The number of hydrogen-bond donors (Lipinski definition) is 1. The van der Waals surface area contributed by atoms with E-state index in [1.807, 2.05) is 43.3 Å². The van der Waals surface area contributed by atoms with Crippen LogP contribution in [0.15, 0.2) is 42.5 Å². The Bertz CT molecular complexity index is 601. The highest BCUT2D eigenvalue weighted by atomic mass is 35.5. The molecular formula is C17H19Cl2NO. The highest BCUT2D eigenvalue weighted by Gasteiger charge is 2.18. The molecule has 2 aromatic carbocycles. The largest absolute Gasteiger partial charge is 0.494 e. The number of benzene rings is 2. The number of para-hydroxylation sites is 1. The Morgan fingerprint density at radius 1 is 1.05 bits per heavy atom. The van der Waals surface area contributed by atoms with Crippen LogP contribution in [0.4, 0.5) is 0 Å². The minimum absolute atomic E-state index is 0.0208. The number of rotatable bonds is 6. The van der Waals surface area contributed by atoms with Gasteiger partial charge < -0.3 is 10.1 Å². The summed E-state index contributed by atoms with van der Waals surface area (Å²) in [7, 11) is 0. The van der Waals surface area contributed by atoms with Crippen molar-refractivity contribution in [3.8, 4) is 5.75 Å². The molecule has 0 aliphatic carbocycles. The van der Waals surface area contributed by atoms with E-state index in [0.29, 0.717) is 16.7 Å². The van der Waals surface area contributed by atoms with Crippen LogP contribution in [0.1, 0.15) is 31.0 Å². The summed E-state index contributed by atoms with van der Waals surface area (Å²) in [5.74, 6) is 0.886. The topological polar surface area (TPSA) is 21.3 Å². The average Bonchev–Trinajstić information content (AvgIpc) is 2.49. The minimum Gasteiger partial charge on any atom is -0.494 e. The van der Waals surface area contributed by atoms with Crippen molar-refractivity contribution in [2.45, 2.75) is 19.9 Å². The predicted octanol–water partition coefficient (Wildman–Crippen LogP) is 5.09. The molecule has 0 aliphatic heterocycles. The Kier molecular flexibility index (Phi) is 5.92.